The first kappa shape index (κ1) is 27.6. The van der Waals surface area contributed by atoms with Crippen molar-refractivity contribution in [3.05, 3.63) is 93.4 Å². The van der Waals surface area contributed by atoms with Crippen LogP contribution >= 0.6 is 0 Å². The van der Waals surface area contributed by atoms with E-state index in [-0.39, 0.29) is 34.8 Å². The Balaban J connectivity index is 1.51. The van der Waals surface area contributed by atoms with Crippen molar-refractivity contribution in [1.29, 1.82) is 5.41 Å². The zero-order valence-corrected chi connectivity index (χ0v) is 21.8. The van der Waals surface area contributed by atoms with Crippen LogP contribution in [0.4, 0.5) is 0 Å². The van der Waals surface area contributed by atoms with E-state index in [4.69, 9.17) is 19.6 Å². The molecule has 0 amide bonds. The summed E-state index contributed by atoms with van der Waals surface area (Å²) in [5, 5.41) is 7.82. The summed E-state index contributed by atoms with van der Waals surface area (Å²) in [5.74, 6) is -0.468. The molecular weight excluding hydrogens is 470 g/mol. The molecule has 2 aromatic rings. The predicted octanol–water partition coefficient (Wildman–Crippen LogP) is 4.70. The minimum atomic E-state index is -0.343. The molecule has 0 bridgehead atoms. The van der Waals surface area contributed by atoms with E-state index < -0.39 is 0 Å². The largest absolute Gasteiger partial charge is 0.489 e. The molecule has 194 valence electrons. The molecule has 0 radical (unpaired) electrons. The van der Waals surface area contributed by atoms with E-state index in [0.717, 1.165) is 22.3 Å². The number of nitrogens with one attached hydrogen (secondary N) is 1. The highest BCUT2D eigenvalue weighted by molar-refractivity contribution is 6.23. The molecule has 3 rings (SSSR count). The minimum absolute atomic E-state index is 0.0622. The van der Waals surface area contributed by atoms with Gasteiger partial charge in [-0.15, -0.1) is 0 Å². The van der Waals surface area contributed by atoms with Crippen LogP contribution in [0.15, 0.2) is 71.2 Å². The van der Waals surface area contributed by atoms with Crippen molar-refractivity contribution in [2.45, 2.75) is 46.0 Å². The lowest BCUT2D eigenvalue weighted by Gasteiger charge is -2.20. The Morgan fingerprint density at radius 3 is 1.78 bits per heavy atom. The Morgan fingerprint density at radius 2 is 1.27 bits per heavy atom. The maximum Gasteiger partial charge on any atom is 0.228 e. The van der Waals surface area contributed by atoms with Crippen molar-refractivity contribution >= 4 is 23.2 Å². The van der Waals surface area contributed by atoms with Gasteiger partial charge in [-0.3, -0.25) is 19.8 Å². The van der Waals surface area contributed by atoms with Crippen LogP contribution in [0.3, 0.4) is 0 Å². The van der Waals surface area contributed by atoms with Crippen LogP contribution in [-0.2, 0) is 47.9 Å². The molecule has 0 saturated carbocycles. The molecular formula is C30H33NO6. The summed E-state index contributed by atoms with van der Waals surface area (Å²) in [6, 6.07) is 15.3. The fourth-order valence-electron chi connectivity index (χ4n) is 4.18. The minimum Gasteiger partial charge on any atom is -0.489 e. The number of carbonyl (C=O) groups excluding carboxylic acids is 3. The van der Waals surface area contributed by atoms with Gasteiger partial charge in [0.25, 0.3) is 0 Å². The molecule has 1 aliphatic rings. The number of hydrogen-bond acceptors (Lipinski definition) is 7. The average molecular weight is 504 g/mol. The van der Waals surface area contributed by atoms with E-state index >= 15 is 0 Å². The quantitative estimate of drug-likeness (QED) is 0.256. The standard InChI is InChI=1S/C30H33NO6/c1-5-37-30(31)23-14-10-21(11-15-23)13-17-24(32)16-12-20-6-8-22(9-7-20)18-25-19(2)26(33)28(35-3)29(36-4)27(25)34/h6-11,14-15,31H,5,12-13,16-18H2,1-4H3. The van der Waals surface area contributed by atoms with Crippen LogP contribution in [0.1, 0.15) is 48.9 Å². The molecule has 1 aliphatic carbocycles. The molecule has 1 N–H and O–H groups in total. The molecule has 2 aromatic carbocycles. The number of ether oxygens (including phenoxy) is 3. The van der Waals surface area contributed by atoms with Gasteiger partial charge in [-0.05, 0) is 55.5 Å². The third-order valence-corrected chi connectivity index (χ3v) is 6.39. The van der Waals surface area contributed by atoms with E-state index in [1.54, 1.807) is 6.92 Å². The molecule has 37 heavy (non-hydrogen) atoms. The Bertz CT molecular complexity index is 1240. The van der Waals surface area contributed by atoms with Crippen molar-refractivity contribution in [3.63, 3.8) is 0 Å². The summed E-state index contributed by atoms with van der Waals surface area (Å²) in [5.41, 5.74) is 4.46. The van der Waals surface area contributed by atoms with E-state index in [1.807, 2.05) is 55.5 Å². The number of Topliss-reactive ketones (excluding diaryl/α,β-unsaturated/α-hetero) is 3. The number of methoxy groups -OCH3 is 2. The Labute approximate surface area is 217 Å². The molecule has 0 aromatic heterocycles. The van der Waals surface area contributed by atoms with E-state index in [9.17, 15) is 14.4 Å². The van der Waals surface area contributed by atoms with E-state index in [2.05, 4.69) is 0 Å². The zero-order valence-electron chi connectivity index (χ0n) is 21.8. The topological polar surface area (TPSA) is 103 Å². The van der Waals surface area contributed by atoms with Crippen LogP contribution in [-0.4, -0.2) is 44.1 Å². The summed E-state index contributed by atoms with van der Waals surface area (Å²) in [4.78, 5) is 37.8. The van der Waals surface area contributed by atoms with Crippen molar-refractivity contribution < 1.29 is 28.6 Å². The van der Waals surface area contributed by atoms with E-state index in [0.29, 0.717) is 49.9 Å². The second-order valence-corrected chi connectivity index (χ2v) is 8.82. The summed E-state index contributed by atoms with van der Waals surface area (Å²) < 4.78 is 15.4. The highest BCUT2D eigenvalue weighted by Crippen LogP contribution is 2.28. The van der Waals surface area contributed by atoms with E-state index in [1.165, 1.54) is 14.2 Å². The average Bonchev–Trinajstić information content (AvgIpc) is 2.91. The molecule has 7 nitrogen and oxygen atoms in total. The summed E-state index contributed by atoms with van der Waals surface area (Å²) in [6.07, 6.45) is 2.51. The molecule has 0 spiro atoms. The molecule has 0 aliphatic heterocycles. The van der Waals surface area contributed by atoms with Crippen molar-refractivity contribution in [3.8, 4) is 0 Å². The third kappa shape index (κ3) is 6.82. The maximum absolute atomic E-state index is 12.8. The van der Waals surface area contributed by atoms with Gasteiger partial charge in [-0.1, -0.05) is 36.4 Å². The molecule has 0 saturated heterocycles. The summed E-state index contributed by atoms with van der Waals surface area (Å²) in [7, 11) is 2.69. The molecule has 0 fully saturated rings. The number of benzene rings is 2. The first-order valence-electron chi connectivity index (χ1n) is 12.3. The number of allylic oxidation sites excluding steroid dienone is 2. The molecule has 0 unspecified atom stereocenters. The Morgan fingerprint density at radius 1 is 0.784 bits per heavy atom. The summed E-state index contributed by atoms with van der Waals surface area (Å²) in [6.45, 7) is 3.93. The SMILES string of the molecule is CCOC(=N)c1ccc(CCC(=O)CCc2ccc(CC3=C(C)C(=O)C(OC)=C(OC)C3=O)cc2)cc1. The highest BCUT2D eigenvalue weighted by atomic mass is 16.5. The van der Waals surface area contributed by atoms with Crippen molar-refractivity contribution in [2.75, 3.05) is 20.8 Å². The van der Waals surface area contributed by atoms with Gasteiger partial charge < -0.3 is 14.2 Å². The zero-order chi connectivity index (χ0) is 26.9. The monoisotopic (exact) mass is 503 g/mol. The first-order valence-corrected chi connectivity index (χ1v) is 12.3. The third-order valence-electron chi connectivity index (χ3n) is 6.39. The van der Waals surface area contributed by atoms with Crippen molar-refractivity contribution in [1.82, 2.24) is 0 Å². The number of aryl methyl sites for hydroxylation is 2. The lowest BCUT2D eigenvalue weighted by molar-refractivity contribution is -0.121. The lowest BCUT2D eigenvalue weighted by Crippen LogP contribution is -2.26. The van der Waals surface area contributed by atoms with Crippen LogP contribution in [0.5, 0.6) is 0 Å². The number of hydrogen-bond donors (Lipinski definition) is 1. The van der Waals surface area contributed by atoms with Gasteiger partial charge in [0, 0.05) is 36.0 Å². The predicted molar refractivity (Wildman–Crippen MR) is 140 cm³/mol. The smallest absolute Gasteiger partial charge is 0.228 e. The highest BCUT2D eigenvalue weighted by Gasteiger charge is 2.34. The van der Waals surface area contributed by atoms with Gasteiger partial charge in [0.15, 0.2) is 0 Å². The Kier molecular flexibility index (Phi) is 9.55. The molecule has 0 atom stereocenters. The summed E-state index contributed by atoms with van der Waals surface area (Å²) >= 11 is 0. The first-order chi connectivity index (χ1) is 17.8. The van der Waals surface area contributed by atoms with Gasteiger partial charge in [0.05, 0.1) is 20.8 Å². The normalized spacial score (nSPS) is 13.6. The number of rotatable bonds is 12. The van der Waals surface area contributed by atoms with Crippen LogP contribution in [0, 0.1) is 5.41 Å². The van der Waals surface area contributed by atoms with Gasteiger partial charge in [0.2, 0.25) is 29.0 Å². The molecule has 0 heterocycles. The van der Waals surface area contributed by atoms with Crippen LogP contribution in [0.25, 0.3) is 0 Å². The maximum atomic E-state index is 12.8. The molecule has 7 heteroatoms. The number of ketones is 3. The van der Waals surface area contributed by atoms with Crippen LogP contribution < -0.4 is 0 Å². The Hall–Kier alpha value is -4.00. The second-order valence-electron chi connectivity index (χ2n) is 8.82. The lowest BCUT2D eigenvalue weighted by atomic mass is 9.88. The fraction of sp³-hybridized carbons (Fsp3) is 0.333. The van der Waals surface area contributed by atoms with Gasteiger partial charge in [0.1, 0.15) is 5.78 Å². The second kappa shape index (κ2) is 12.8. The van der Waals surface area contributed by atoms with Gasteiger partial charge in [-0.2, -0.15) is 0 Å². The van der Waals surface area contributed by atoms with Gasteiger partial charge in [-0.25, -0.2) is 0 Å². The van der Waals surface area contributed by atoms with Crippen molar-refractivity contribution in [2.24, 2.45) is 0 Å². The number of carbonyl (C=O) groups is 3. The van der Waals surface area contributed by atoms with Gasteiger partial charge >= 0.3 is 0 Å². The van der Waals surface area contributed by atoms with Crippen LogP contribution in [0.2, 0.25) is 0 Å². The fourth-order valence-corrected chi connectivity index (χ4v) is 4.18.